The maximum Gasteiger partial charge on any atom is 0.410 e. The Kier molecular flexibility index (Phi) is 5.54. The van der Waals surface area contributed by atoms with Crippen LogP contribution in [0.3, 0.4) is 0 Å². The van der Waals surface area contributed by atoms with Gasteiger partial charge in [0.2, 0.25) is 5.91 Å². The van der Waals surface area contributed by atoms with Gasteiger partial charge in [0.25, 0.3) is 0 Å². The van der Waals surface area contributed by atoms with E-state index in [-0.39, 0.29) is 5.91 Å². The molecule has 1 aliphatic heterocycles. The van der Waals surface area contributed by atoms with Crippen molar-refractivity contribution >= 4 is 12.0 Å². The van der Waals surface area contributed by atoms with Crippen LogP contribution in [0.5, 0.6) is 0 Å². The van der Waals surface area contributed by atoms with E-state index >= 15 is 0 Å². The molecular weight excluding hydrogens is 380 g/mol. The predicted octanol–water partition coefficient (Wildman–Crippen LogP) is 3.38. The largest absolute Gasteiger partial charge is 0.444 e. The van der Waals surface area contributed by atoms with Crippen LogP contribution in [-0.2, 0) is 28.9 Å². The number of nitrogens with one attached hydrogen (secondary N) is 1. The van der Waals surface area contributed by atoms with Gasteiger partial charge in [-0.25, -0.2) is 9.48 Å². The fourth-order valence-electron chi connectivity index (χ4n) is 4.31. The summed E-state index contributed by atoms with van der Waals surface area (Å²) in [5.74, 6) is -0.139. The molecule has 1 aromatic carbocycles. The van der Waals surface area contributed by atoms with Crippen LogP contribution in [0.25, 0.3) is 5.69 Å². The lowest BCUT2D eigenvalue weighted by atomic mass is 10.1. The SMILES string of the molecule is CC(C)(C)OC(=O)N1CCCC1C(=O)NCc1nn(-c2ccccc2)c2c1CCC2. The minimum Gasteiger partial charge on any atom is -0.444 e. The highest BCUT2D eigenvalue weighted by molar-refractivity contribution is 5.86. The van der Waals surface area contributed by atoms with E-state index in [0.717, 1.165) is 37.1 Å². The fourth-order valence-corrected chi connectivity index (χ4v) is 4.31. The van der Waals surface area contributed by atoms with E-state index in [1.165, 1.54) is 11.3 Å². The zero-order chi connectivity index (χ0) is 21.3. The Labute approximate surface area is 177 Å². The minimum atomic E-state index is -0.578. The summed E-state index contributed by atoms with van der Waals surface area (Å²) in [5, 5.41) is 7.82. The number of hydrogen-bond donors (Lipinski definition) is 1. The Morgan fingerprint density at radius 3 is 2.67 bits per heavy atom. The number of likely N-dealkylation sites (tertiary alicyclic amines) is 1. The molecule has 7 heteroatoms. The topological polar surface area (TPSA) is 76.5 Å². The van der Waals surface area contributed by atoms with Crippen molar-refractivity contribution in [3.05, 3.63) is 47.3 Å². The van der Waals surface area contributed by atoms with Gasteiger partial charge >= 0.3 is 6.09 Å². The molecule has 0 bridgehead atoms. The summed E-state index contributed by atoms with van der Waals surface area (Å²) in [6.07, 6.45) is 4.13. The number of fused-ring (bicyclic) bond motifs is 1. The van der Waals surface area contributed by atoms with Crippen molar-refractivity contribution in [3.8, 4) is 5.69 Å². The molecule has 0 saturated carbocycles. The third kappa shape index (κ3) is 4.20. The van der Waals surface area contributed by atoms with Gasteiger partial charge in [-0.3, -0.25) is 9.69 Å². The van der Waals surface area contributed by atoms with Crippen LogP contribution in [0.4, 0.5) is 4.79 Å². The standard InChI is InChI=1S/C23H30N4O3/c1-23(2,3)30-22(29)26-14-8-13-20(26)21(28)24-15-18-17-11-7-12-19(17)27(25-18)16-9-5-4-6-10-16/h4-6,9-10,20H,7-8,11-15H2,1-3H3,(H,24,28). The zero-order valence-electron chi connectivity index (χ0n) is 18.0. The first-order chi connectivity index (χ1) is 14.3. The molecule has 0 radical (unpaired) electrons. The van der Waals surface area contributed by atoms with Gasteiger partial charge in [-0.05, 0) is 70.6 Å². The van der Waals surface area contributed by atoms with Crippen molar-refractivity contribution in [3.63, 3.8) is 0 Å². The molecule has 1 aromatic heterocycles. The lowest BCUT2D eigenvalue weighted by Gasteiger charge is -2.28. The maximum absolute atomic E-state index is 12.9. The molecule has 2 amide bonds. The van der Waals surface area contributed by atoms with Gasteiger partial charge in [0.1, 0.15) is 11.6 Å². The first-order valence-corrected chi connectivity index (χ1v) is 10.8. The Hall–Kier alpha value is -2.83. The highest BCUT2D eigenvalue weighted by atomic mass is 16.6. The second-order valence-electron chi connectivity index (χ2n) is 9.02. The first kappa shape index (κ1) is 20.4. The number of carbonyl (C=O) groups is 2. The molecule has 1 saturated heterocycles. The molecule has 1 fully saturated rings. The summed E-state index contributed by atoms with van der Waals surface area (Å²) in [7, 11) is 0. The van der Waals surface area contributed by atoms with Gasteiger partial charge in [-0.2, -0.15) is 5.10 Å². The van der Waals surface area contributed by atoms with E-state index in [9.17, 15) is 9.59 Å². The Bertz CT molecular complexity index is 930. The van der Waals surface area contributed by atoms with Gasteiger partial charge in [-0.15, -0.1) is 0 Å². The number of aromatic nitrogens is 2. The first-order valence-electron chi connectivity index (χ1n) is 10.8. The normalized spacial score (nSPS) is 18.4. The number of benzene rings is 1. The average Bonchev–Trinajstić information content (AvgIpc) is 3.42. The van der Waals surface area contributed by atoms with E-state index in [0.29, 0.717) is 19.5 Å². The van der Waals surface area contributed by atoms with Crippen LogP contribution in [-0.4, -0.2) is 44.9 Å². The molecule has 1 atom stereocenters. The molecule has 160 valence electrons. The third-order valence-electron chi connectivity index (χ3n) is 5.63. The summed E-state index contributed by atoms with van der Waals surface area (Å²) in [6, 6.07) is 9.61. The van der Waals surface area contributed by atoms with Crippen LogP contribution >= 0.6 is 0 Å². The Balaban J connectivity index is 1.45. The molecule has 7 nitrogen and oxygen atoms in total. The van der Waals surface area contributed by atoms with Gasteiger partial charge in [0.05, 0.1) is 17.9 Å². The van der Waals surface area contributed by atoms with Crippen molar-refractivity contribution in [2.24, 2.45) is 0 Å². The molecule has 0 spiro atoms. The number of rotatable bonds is 4. The summed E-state index contributed by atoms with van der Waals surface area (Å²) in [4.78, 5) is 26.9. The molecule has 1 unspecified atom stereocenters. The molecule has 4 rings (SSSR count). The van der Waals surface area contributed by atoms with Crippen molar-refractivity contribution < 1.29 is 14.3 Å². The molecular formula is C23H30N4O3. The van der Waals surface area contributed by atoms with Crippen LogP contribution in [0.15, 0.2) is 30.3 Å². The smallest absolute Gasteiger partial charge is 0.410 e. The van der Waals surface area contributed by atoms with Gasteiger partial charge in [0.15, 0.2) is 0 Å². The number of nitrogens with zero attached hydrogens (tertiary/aromatic N) is 3. The van der Waals surface area contributed by atoms with Crippen molar-refractivity contribution in [1.29, 1.82) is 0 Å². The molecule has 2 aliphatic rings. The second kappa shape index (κ2) is 8.13. The number of carbonyl (C=O) groups excluding carboxylic acids is 2. The average molecular weight is 411 g/mol. The lowest BCUT2D eigenvalue weighted by molar-refractivity contribution is -0.125. The quantitative estimate of drug-likeness (QED) is 0.838. The number of amides is 2. The Morgan fingerprint density at radius 1 is 1.17 bits per heavy atom. The van der Waals surface area contributed by atoms with Gasteiger partial charge in [-0.1, -0.05) is 18.2 Å². The monoisotopic (exact) mass is 410 g/mol. The van der Waals surface area contributed by atoms with Crippen LogP contribution < -0.4 is 5.32 Å². The molecule has 1 N–H and O–H groups in total. The molecule has 1 aliphatic carbocycles. The Morgan fingerprint density at radius 2 is 1.93 bits per heavy atom. The van der Waals surface area contributed by atoms with Gasteiger partial charge in [0, 0.05) is 12.2 Å². The number of ether oxygens (including phenoxy) is 1. The maximum atomic E-state index is 12.9. The van der Waals surface area contributed by atoms with Crippen molar-refractivity contribution in [1.82, 2.24) is 20.0 Å². The second-order valence-corrected chi connectivity index (χ2v) is 9.02. The predicted molar refractivity (Wildman–Crippen MR) is 113 cm³/mol. The number of para-hydroxylation sites is 1. The summed E-state index contributed by atoms with van der Waals surface area (Å²) < 4.78 is 7.48. The van der Waals surface area contributed by atoms with Crippen LogP contribution in [0.2, 0.25) is 0 Å². The van der Waals surface area contributed by atoms with E-state index in [4.69, 9.17) is 9.84 Å². The van der Waals surface area contributed by atoms with Crippen LogP contribution in [0.1, 0.15) is 57.0 Å². The zero-order valence-corrected chi connectivity index (χ0v) is 18.0. The fraction of sp³-hybridized carbons (Fsp3) is 0.522. The summed E-state index contributed by atoms with van der Waals surface area (Å²) in [6.45, 7) is 6.42. The summed E-state index contributed by atoms with van der Waals surface area (Å²) >= 11 is 0. The lowest BCUT2D eigenvalue weighted by Crippen LogP contribution is -2.47. The van der Waals surface area contributed by atoms with E-state index < -0.39 is 17.7 Å². The number of hydrogen-bond acceptors (Lipinski definition) is 4. The minimum absolute atomic E-state index is 0.139. The van der Waals surface area contributed by atoms with Crippen molar-refractivity contribution in [2.75, 3.05) is 6.54 Å². The van der Waals surface area contributed by atoms with E-state index in [1.807, 2.05) is 55.8 Å². The molecule has 2 heterocycles. The van der Waals surface area contributed by atoms with Crippen molar-refractivity contribution in [2.45, 2.75) is 71.1 Å². The highest BCUT2D eigenvalue weighted by Crippen LogP contribution is 2.28. The van der Waals surface area contributed by atoms with Crippen LogP contribution in [0, 0.1) is 0 Å². The van der Waals surface area contributed by atoms with E-state index in [2.05, 4.69) is 5.32 Å². The van der Waals surface area contributed by atoms with Gasteiger partial charge < -0.3 is 10.1 Å². The molecule has 2 aromatic rings. The third-order valence-corrected chi connectivity index (χ3v) is 5.63. The van der Waals surface area contributed by atoms with E-state index in [1.54, 1.807) is 4.90 Å². The molecule has 30 heavy (non-hydrogen) atoms. The summed E-state index contributed by atoms with van der Waals surface area (Å²) in [5.41, 5.74) is 3.86. The highest BCUT2D eigenvalue weighted by Gasteiger charge is 2.36.